The Morgan fingerprint density at radius 3 is 2.62 bits per heavy atom. The van der Waals surface area contributed by atoms with Crippen LogP contribution in [-0.4, -0.2) is 86.7 Å². The summed E-state index contributed by atoms with van der Waals surface area (Å²) in [6, 6.07) is 12.6. The normalized spacial score (nSPS) is 19.4. The highest BCUT2D eigenvalue weighted by Crippen LogP contribution is 2.35. The number of aromatic nitrogens is 1. The molecule has 210 valence electrons. The molecular weight excluding hydrogens is 553 g/mol. The topological polar surface area (TPSA) is 83.1 Å². The van der Waals surface area contributed by atoms with Crippen LogP contribution in [0.2, 0.25) is 0 Å². The highest BCUT2D eigenvalue weighted by molar-refractivity contribution is 7.98. The molecule has 2 saturated heterocycles. The zero-order valence-electron chi connectivity index (χ0n) is 22.5. The van der Waals surface area contributed by atoms with Crippen molar-refractivity contribution in [2.75, 3.05) is 57.1 Å². The third-order valence-corrected chi connectivity index (χ3v) is 11.3. The number of carbonyl (C=O) groups is 1. The number of amides is 1. The number of carbonyl (C=O) groups excluding carboxylic acids is 1. The van der Waals surface area contributed by atoms with Crippen molar-refractivity contribution >= 4 is 54.4 Å². The van der Waals surface area contributed by atoms with Crippen molar-refractivity contribution in [1.29, 1.82) is 0 Å². The standard InChI is InChI=1S/C28H36N4O4S3/c1-3-22-7-4-5-14-32(22)39(34,35)23-12-10-21(11-13-23)27(33)31(16-15-30-17-19-36-20-18-30)28-29-26-24(37-2)8-6-9-25(26)38-28/h6,8-13,22H,3-5,7,14-20H2,1-2H3. The van der Waals surface area contributed by atoms with Crippen LogP contribution in [0.15, 0.2) is 52.3 Å². The minimum Gasteiger partial charge on any atom is -0.379 e. The van der Waals surface area contributed by atoms with Crippen LogP contribution in [0.5, 0.6) is 0 Å². The van der Waals surface area contributed by atoms with Crippen LogP contribution in [0.25, 0.3) is 10.2 Å². The van der Waals surface area contributed by atoms with Gasteiger partial charge in [0.25, 0.3) is 5.91 Å². The van der Waals surface area contributed by atoms with Crippen molar-refractivity contribution in [3.63, 3.8) is 0 Å². The van der Waals surface area contributed by atoms with Crippen molar-refractivity contribution in [2.45, 2.75) is 48.4 Å². The van der Waals surface area contributed by atoms with E-state index in [0.29, 0.717) is 43.5 Å². The molecule has 3 aromatic rings. The molecule has 1 amide bonds. The van der Waals surface area contributed by atoms with Crippen LogP contribution in [0.1, 0.15) is 43.0 Å². The van der Waals surface area contributed by atoms with Crippen molar-refractivity contribution in [1.82, 2.24) is 14.2 Å². The summed E-state index contributed by atoms with van der Waals surface area (Å²) in [5.41, 5.74) is 1.36. The first-order chi connectivity index (χ1) is 18.9. The van der Waals surface area contributed by atoms with E-state index < -0.39 is 10.0 Å². The zero-order valence-corrected chi connectivity index (χ0v) is 25.0. The van der Waals surface area contributed by atoms with Crippen LogP contribution in [0, 0.1) is 0 Å². The Morgan fingerprint density at radius 1 is 1.13 bits per heavy atom. The molecule has 8 nitrogen and oxygen atoms in total. The number of para-hydroxylation sites is 1. The van der Waals surface area contributed by atoms with Crippen LogP contribution < -0.4 is 4.90 Å². The number of fused-ring (bicyclic) bond motifs is 1. The third-order valence-electron chi connectivity index (χ3n) is 7.56. The molecule has 3 heterocycles. The van der Waals surface area contributed by atoms with Crippen molar-refractivity contribution in [3.05, 3.63) is 48.0 Å². The maximum atomic E-state index is 13.9. The molecule has 0 aliphatic carbocycles. The van der Waals surface area contributed by atoms with Gasteiger partial charge in [0.15, 0.2) is 5.13 Å². The summed E-state index contributed by atoms with van der Waals surface area (Å²) in [4.78, 5) is 24.1. The SMILES string of the molecule is CCC1CCCCN1S(=O)(=O)c1ccc(C(=O)N(CCN2CCOCC2)c2nc3c(SC)cccc3s2)cc1. The Hall–Kier alpha value is -2.02. The highest BCUT2D eigenvalue weighted by atomic mass is 32.2. The van der Waals surface area contributed by atoms with E-state index in [9.17, 15) is 13.2 Å². The minimum atomic E-state index is -3.61. The maximum Gasteiger partial charge on any atom is 0.260 e. The number of sulfonamides is 1. The first-order valence-electron chi connectivity index (χ1n) is 13.6. The number of morpholine rings is 1. The van der Waals surface area contributed by atoms with Crippen LogP contribution in [-0.2, 0) is 14.8 Å². The fourth-order valence-electron chi connectivity index (χ4n) is 5.30. The van der Waals surface area contributed by atoms with Crippen molar-refractivity contribution < 1.29 is 17.9 Å². The average molecular weight is 589 g/mol. The quantitative estimate of drug-likeness (QED) is 0.327. The van der Waals surface area contributed by atoms with Gasteiger partial charge in [-0.1, -0.05) is 30.7 Å². The molecule has 0 bridgehead atoms. The lowest BCUT2D eigenvalue weighted by atomic mass is 10.0. The molecule has 1 aromatic heterocycles. The number of thioether (sulfide) groups is 1. The third kappa shape index (κ3) is 6.18. The van der Waals surface area contributed by atoms with Crippen LogP contribution in [0.3, 0.4) is 0 Å². The summed E-state index contributed by atoms with van der Waals surface area (Å²) in [5.74, 6) is -0.179. The van der Waals surface area contributed by atoms with Gasteiger partial charge in [0.1, 0.15) is 0 Å². The molecule has 2 aliphatic rings. The van der Waals surface area contributed by atoms with E-state index in [1.807, 2.05) is 31.4 Å². The minimum absolute atomic E-state index is 0.0333. The number of benzene rings is 2. The van der Waals surface area contributed by atoms with Gasteiger partial charge in [0, 0.05) is 49.2 Å². The largest absolute Gasteiger partial charge is 0.379 e. The van der Waals surface area contributed by atoms with Crippen LogP contribution >= 0.6 is 23.1 Å². The molecular formula is C28H36N4O4S3. The lowest BCUT2D eigenvalue weighted by Crippen LogP contribution is -2.43. The Balaban J connectivity index is 1.42. The first kappa shape index (κ1) is 28.5. The Bertz CT molecular complexity index is 1390. The van der Waals surface area contributed by atoms with E-state index in [1.165, 1.54) is 11.3 Å². The van der Waals surface area contributed by atoms with Gasteiger partial charge >= 0.3 is 0 Å². The second kappa shape index (κ2) is 12.7. The second-order valence-electron chi connectivity index (χ2n) is 9.91. The number of ether oxygens (including phenoxy) is 1. The number of rotatable bonds is 9. The first-order valence-corrected chi connectivity index (χ1v) is 17.1. The Labute approximate surface area is 239 Å². The van der Waals surface area contributed by atoms with Crippen molar-refractivity contribution in [2.24, 2.45) is 0 Å². The fraction of sp³-hybridized carbons (Fsp3) is 0.500. The van der Waals surface area contributed by atoms with Gasteiger partial charge in [-0.05, 0) is 61.9 Å². The number of thiazole rings is 1. The monoisotopic (exact) mass is 588 g/mol. The van der Waals surface area contributed by atoms with Gasteiger partial charge in [0.2, 0.25) is 10.0 Å². The van der Waals surface area contributed by atoms with Gasteiger partial charge in [-0.3, -0.25) is 14.6 Å². The molecule has 2 fully saturated rings. The molecule has 5 rings (SSSR count). The fourth-order valence-corrected chi connectivity index (χ4v) is 8.71. The van der Waals surface area contributed by atoms with E-state index in [2.05, 4.69) is 4.90 Å². The smallest absolute Gasteiger partial charge is 0.260 e. The van der Waals surface area contributed by atoms with Crippen molar-refractivity contribution in [3.8, 4) is 0 Å². The molecule has 0 saturated carbocycles. The molecule has 1 atom stereocenters. The zero-order chi connectivity index (χ0) is 27.4. The molecule has 0 radical (unpaired) electrons. The summed E-state index contributed by atoms with van der Waals surface area (Å²) >= 11 is 3.15. The number of nitrogens with zero attached hydrogens (tertiary/aromatic N) is 4. The summed E-state index contributed by atoms with van der Waals surface area (Å²) < 4.78 is 35.0. The molecule has 0 spiro atoms. The van der Waals surface area contributed by atoms with Gasteiger partial charge in [-0.15, -0.1) is 11.8 Å². The van der Waals surface area contributed by atoms with Gasteiger partial charge in [-0.25, -0.2) is 13.4 Å². The summed E-state index contributed by atoms with van der Waals surface area (Å²) in [7, 11) is -3.61. The second-order valence-corrected chi connectivity index (χ2v) is 13.7. The van der Waals surface area contributed by atoms with Gasteiger partial charge < -0.3 is 4.74 Å². The molecule has 39 heavy (non-hydrogen) atoms. The molecule has 2 aromatic carbocycles. The number of piperidine rings is 1. The van der Waals surface area contributed by atoms with E-state index >= 15 is 0 Å². The highest BCUT2D eigenvalue weighted by Gasteiger charge is 2.33. The molecule has 0 N–H and O–H groups in total. The molecule has 1 unspecified atom stereocenters. The maximum absolute atomic E-state index is 13.9. The Kier molecular flexibility index (Phi) is 9.25. The number of anilines is 1. The van der Waals surface area contributed by atoms with E-state index in [-0.39, 0.29) is 16.8 Å². The van der Waals surface area contributed by atoms with Gasteiger partial charge in [0.05, 0.1) is 28.3 Å². The van der Waals surface area contributed by atoms with Crippen LogP contribution in [0.4, 0.5) is 5.13 Å². The summed E-state index contributed by atoms with van der Waals surface area (Å²) in [6.45, 7) is 6.83. The van der Waals surface area contributed by atoms with Gasteiger partial charge in [-0.2, -0.15) is 4.31 Å². The van der Waals surface area contributed by atoms with E-state index in [1.54, 1.807) is 45.2 Å². The predicted molar refractivity (Wildman–Crippen MR) is 159 cm³/mol. The lowest BCUT2D eigenvalue weighted by molar-refractivity contribution is 0.0391. The predicted octanol–water partition coefficient (Wildman–Crippen LogP) is 4.95. The summed E-state index contributed by atoms with van der Waals surface area (Å²) in [5, 5.41) is 0.653. The van der Waals surface area contributed by atoms with E-state index in [0.717, 1.165) is 53.9 Å². The lowest BCUT2D eigenvalue weighted by Gasteiger charge is -2.34. The van der Waals surface area contributed by atoms with E-state index in [4.69, 9.17) is 9.72 Å². The molecule has 2 aliphatic heterocycles. The Morgan fingerprint density at radius 2 is 1.90 bits per heavy atom. The average Bonchev–Trinajstić information content (AvgIpc) is 3.42. The number of hydrogen-bond acceptors (Lipinski definition) is 8. The number of hydrogen-bond donors (Lipinski definition) is 0. The molecule has 11 heteroatoms. The summed E-state index contributed by atoms with van der Waals surface area (Å²) in [6.07, 6.45) is 5.66.